The molecule has 0 aliphatic rings. The Morgan fingerprint density at radius 2 is 1.37 bits per heavy atom. The molecule has 0 spiro atoms. The number of rotatable bonds is 5. The molecule has 5 nitrogen and oxygen atoms in total. The van der Waals surface area contributed by atoms with Gasteiger partial charge in [-0.25, -0.2) is 4.98 Å². The fourth-order valence-corrected chi connectivity index (χ4v) is 6.96. The molecule has 0 fully saturated rings. The quantitative estimate of drug-likeness (QED) is 0.129. The summed E-state index contributed by atoms with van der Waals surface area (Å²) in [4.78, 5) is 4.95. The van der Waals surface area contributed by atoms with Crippen LogP contribution in [0.1, 0.15) is 11.1 Å². The number of para-hydroxylation sites is 5. The SMILES string of the molecule is [Pt].[c-]1c(Cc2[c-]c3c(cc2)c2ccccc2n3-c2cc3oc4ccccc4c3cn2)cccc1-n1[c-][n+](-c2ccccc2)c2ccccc21. The van der Waals surface area contributed by atoms with Crippen LogP contribution in [-0.2, 0) is 27.5 Å². The largest absolute Gasteiger partial charge is 0.456 e. The first-order valence-electron chi connectivity index (χ1n) is 16.0. The number of imidazole rings is 1. The van der Waals surface area contributed by atoms with Crippen LogP contribution in [0.25, 0.3) is 72.0 Å². The Bertz CT molecular complexity index is 2830. The summed E-state index contributed by atoms with van der Waals surface area (Å²) >= 11 is 0. The topological polar surface area (TPSA) is 39.8 Å². The Labute approximate surface area is 296 Å². The molecule has 0 radical (unpaired) electrons. The van der Waals surface area contributed by atoms with Crippen LogP contribution < -0.4 is 4.57 Å². The fraction of sp³-hybridized carbons (Fsp3) is 0.0233. The minimum atomic E-state index is 0. The van der Waals surface area contributed by atoms with E-state index in [-0.39, 0.29) is 21.1 Å². The van der Waals surface area contributed by atoms with Gasteiger partial charge in [-0.15, -0.1) is 5.39 Å². The molecule has 0 bridgehead atoms. The van der Waals surface area contributed by atoms with Crippen LogP contribution in [0.2, 0.25) is 0 Å². The molecule has 6 aromatic carbocycles. The van der Waals surface area contributed by atoms with E-state index in [2.05, 4.69) is 141 Å². The Kier molecular flexibility index (Phi) is 7.03. The Morgan fingerprint density at radius 3 is 2.27 bits per heavy atom. The van der Waals surface area contributed by atoms with E-state index < -0.39 is 0 Å². The summed E-state index contributed by atoms with van der Waals surface area (Å²) in [7, 11) is 0. The van der Waals surface area contributed by atoms with Gasteiger partial charge in [-0.05, 0) is 41.8 Å². The van der Waals surface area contributed by atoms with Crippen molar-refractivity contribution in [2.75, 3.05) is 0 Å². The van der Waals surface area contributed by atoms with Crippen molar-refractivity contribution in [1.29, 1.82) is 0 Å². The zero-order valence-corrected chi connectivity index (χ0v) is 28.3. The first kappa shape index (κ1) is 29.4. The number of benzene rings is 6. The van der Waals surface area contributed by atoms with E-state index in [1.165, 1.54) is 0 Å². The molecular weight excluding hydrogens is 784 g/mol. The van der Waals surface area contributed by atoms with Crippen molar-refractivity contribution in [2.45, 2.75) is 6.42 Å². The molecule has 0 saturated heterocycles. The molecule has 4 heterocycles. The molecule has 10 aromatic rings. The second kappa shape index (κ2) is 11.7. The molecule has 0 aliphatic carbocycles. The molecule has 236 valence electrons. The average Bonchev–Trinajstić information content (AvgIpc) is 3.81. The first-order valence-corrected chi connectivity index (χ1v) is 16.0. The minimum Gasteiger partial charge on any atom is -0.456 e. The van der Waals surface area contributed by atoms with Gasteiger partial charge in [0.25, 0.3) is 6.33 Å². The number of fused-ring (bicyclic) bond motifs is 7. The van der Waals surface area contributed by atoms with Crippen LogP contribution in [0.3, 0.4) is 0 Å². The number of hydrogen-bond donors (Lipinski definition) is 0. The van der Waals surface area contributed by atoms with Gasteiger partial charge in [0.2, 0.25) is 0 Å². The molecule has 0 amide bonds. The third-order valence-electron chi connectivity index (χ3n) is 9.16. The molecular formula is C43H26N4OPt-2. The third-order valence-corrected chi connectivity index (χ3v) is 9.16. The van der Waals surface area contributed by atoms with Crippen molar-refractivity contribution in [2.24, 2.45) is 0 Å². The predicted octanol–water partition coefficient (Wildman–Crippen LogP) is 9.29. The van der Waals surface area contributed by atoms with Crippen LogP contribution >= 0.6 is 0 Å². The van der Waals surface area contributed by atoms with Crippen LogP contribution in [-0.4, -0.2) is 14.1 Å². The summed E-state index contributed by atoms with van der Waals surface area (Å²) in [6.07, 6.45) is 6.18. The summed E-state index contributed by atoms with van der Waals surface area (Å²) < 4.78 is 12.6. The normalized spacial score (nSPS) is 11.6. The molecule has 0 unspecified atom stereocenters. The van der Waals surface area contributed by atoms with Crippen LogP contribution in [0.5, 0.6) is 0 Å². The van der Waals surface area contributed by atoms with E-state index in [0.29, 0.717) is 6.42 Å². The maximum absolute atomic E-state index is 6.25. The standard InChI is InChI=1S/C43H26N4O.Pt/c1-2-12-31(13-3-1)45-28-46(39-19-8-7-18-38(39)45)32-14-10-11-29(24-32)23-30-21-22-34-33-15-4-6-17-37(33)47(40(34)25-30)43-26-42-36(27-44-43)35-16-5-9-20-41(35)48-42;/h1-22,26-27H,23H2;/q-2;. The van der Waals surface area contributed by atoms with E-state index in [9.17, 15) is 0 Å². The van der Waals surface area contributed by atoms with Crippen LogP contribution in [0.4, 0.5) is 0 Å². The smallest absolute Gasteiger partial charge is 0.268 e. The molecule has 0 N–H and O–H groups in total. The van der Waals surface area contributed by atoms with Gasteiger partial charge >= 0.3 is 0 Å². The Morgan fingerprint density at radius 1 is 0.612 bits per heavy atom. The van der Waals surface area contributed by atoms with Crippen molar-refractivity contribution in [3.05, 3.63) is 175 Å². The summed E-state index contributed by atoms with van der Waals surface area (Å²) in [5.41, 5.74) is 10.1. The zero-order chi connectivity index (χ0) is 31.6. The van der Waals surface area contributed by atoms with Crippen molar-refractivity contribution in [3.63, 3.8) is 0 Å². The summed E-state index contributed by atoms with van der Waals surface area (Å²) in [5.74, 6) is 0.802. The van der Waals surface area contributed by atoms with Crippen molar-refractivity contribution >= 4 is 54.8 Å². The molecule has 0 aliphatic heterocycles. The molecule has 0 saturated carbocycles. The fourth-order valence-electron chi connectivity index (χ4n) is 6.96. The molecule has 6 heteroatoms. The van der Waals surface area contributed by atoms with Gasteiger partial charge in [0.15, 0.2) is 0 Å². The number of aromatic nitrogens is 4. The first-order chi connectivity index (χ1) is 23.8. The van der Waals surface area contributed by atoms with Crippen molar-refractivity contribution < 1.29 is 30.0 Å². The Balaban J connectivity index is 0.00000325. The van der Waals surface area contributed by atoms with Gasteiger partial charge in [-0.3, -0.25) is 4.57 Å². The van der Waals surface area contributed by atoms with Crippen LogP contribution in [0.15, 0.2) is 150 Å². The molecule has 0 atom stereocenters. The number of furan rings is 1. The zero-order valence-electron chi connectivity index (χ0n) is 26.1. The summed E-state index contributed by atoms with van der Waals surface area (Å²) in [5, 5.41) is 4.38. The third kappa shape index (κ3) is 4.81. The van der Waals surface area contributed by atoms with Gasteiger partial charge in [0.05, 0.1) is 16.7 Å². The van der Waals surface area contributed by atoms with Gasteiger partial charge < -0.3 is 13.6 Å². The van der Waals surface area contributed by atoms with E-state index in [0.717, 1.165) is 83.1 Å². The maximum Gasteiger partial charge on any atom is 0.268 e. The van der Waals surface area contributed by atoms with E-state index in [1.54, 1.807) is 0 Å². The minimum absolute atomic E-state index is 0. The monoisotopic (exact) mass is 809 g/mol. The van der Waals surface area contributed by atoms with Crippen molar-refractivity contribution in [3.8, 4) is 17.2 Å². The van der Waals surface area contributed by atoms with Gasteiger partial charge in [0.1, 0.15) is 17.0 Å². The average molecular weight is 810 g/mol. The van der Waals surface area contributed by atoms with Gasteiger partial charge in [0, 0.05) is 49.6 Å². The number of nitrogens with zero attached hydrogens (tertiary/aromatic N) is 4. The van der Waals surface area contributed by atoms with E-state index in [1.807, 2.05) is 36.5 Å². The second-order valence-electron chi connectivity index (χ2n) is 12.1. The van der Waals surface area contributed by atoms with Gasteiger partial charge in [-0.2, -0.15) is 53.6 Å². The second-order valence-corrected chi connectivity index (χ2v) is 12.1. The molecule has 4 aromatic heterocycles. The summed E-state index contributed by atoms with van der Waals surface area (Å²) in [6, 6.07) is 55.5. The molecule has 49 heavy (non-hydrogen) atoms. The number of pyridine rings is 1. The van der Waals surface area contributed by atoms with Crippen LogP contribution in [0, 0.1) is 18.5 Å². The van der Waals surface area contributed by atoms with Crippen molar-refractivity contribution in [1.82, 2.24) is 14.1 Å². The number of hydrogen-bond acceptors (Lipinski definition) is 2. The maximum atomic E-state index is 6.25. The summed E-state index contributed by atoms with van der Waals surface area (Å²) in [6.45, 7) is 0. The van der Waals surface area contributed by atoms with Gasteiger partial charge in [-0.1, -0.05) is 84.4 Å². The Hall–Kier alpha value is -5.77. The predicted molar refractivity (Wildman–Crippen MR) is 190 cm³/mol. The van der Waals surface area contributed by atoms with E-state index >= 15 is 0 Å². The van der Waals surface area contributed by atoms with E-state index in [4.69, 9.17) is 9.40 Å². The molecule has 10 rings (SSSR count).